The van der Waals surface area contributed by atoms with Crippen LogP contribution in [0, 0.1) is 21.7 Å². The number of rotatable bonds is 3. The molecule has 19 heavy (non-hydrogen) atoms. The van der Waals surface area contributed by atoms with Crippen molar-refractivity contribution in [3.8, 4) is 10.6 Å². The molecule has 0 fully saturated rings. The van der Waals surface area contributed by atoms with Crippen molar-refractivity contribution in [2.45, 2.75) is 13.0 Å². The minimum absolute atomic E-state index is 0.0467. The predicted octanol–water partition coefficient (Wildman–Crippen LogP) is 3.05. The molecule has 1 atom stereocenters. The second-order valence-corrected chi connectivity index (χ2v) is 4.82. The molecule has 0 aliphatic carbocycles. The third-order valence-electron chi connectivity index (χ3n) is 2.42. The predicted molar refractivity (Wildman–Crippen MR) is 64.8 cm³/mol. The molecule has 8 heteroatoms. The molecular weight excluding hydrogens is 278 g/mol. The Bertz CT molecular complexity index is 643. The van der Waals surface area contributed by atoms with Gasteiger partial charge in [-0.05, 0) is 13.0 Å². The number of thiazole rings is 1. The number of nitro groups is 1. The highest BCUT2D eigenvalue weighted by Gasteiger charge is 2.24. The van der Waals surface area contributed by atoms with E-state index in [1.807, 2.05) is 0 Å². The van der Waals surface area contributed by atoms with Gasteiger partial charge in [0.25, 0.3) is 0 Å². The van der Waals surface area contributed by atoms with Crippen LogP contribution < -0.4 is 0 Å². The Morgan fingerprint density at radius 2 is 2.16 bits per heavy atom. The van der Waals surface area contributed by atoms with E-state index in [9.17, 15) is 24.0 Å². The summed E-state index contributed by atoms with van der Waals surface area (Å²) < 4.78 is 27.5. The van der Waals surface area contributed by atoms with Crippen LogP contribution in [-0.2, 0) is 0 Å². The highest BCUT2D eigenvalue weighted by atomic mass is 32.1. The number of nitrogens with zero attached hydrogens (tertiary/aromatic N) is 2. The molecule has 0 aliphatic heterocycles. The van der Waals surface area contributed by atoms with Crippen LogP contribution in [0.4, 0.5) is 14.5 Å². The maximum Gasteiger partial charge on any atom is 0.305 e. The van der Waals surface area contributed by atoms with Gasteiger partial charge in [0.1, 0.15) is 10.8 Å². The average Bonchev–Trinajstić information content (AvgIpc) is 2.78. The Kier molecular flexibility index (Phi) is 3.54. The largest absolute Gasteiger partial charge is 0.388 e. The minimum Gasteiger partial charge on any atom is -0.388 e. The Balaban J connectivity index is 2.60. The van der Waals surface area contributed by atoms with Crippen LogP contribution in [0.1, 0.15) is 17.9 Å². The van der Waals surface area contributed by atoms with Gasteiger partial charge in [-0.25, -0.2) is 9.37 Å². The molecular formula is C11H8F2N2O3S. The fraction of sp³-hybridized carbons (Fsp3) is 0.182. The first-order chi connectivity index (χ1) is 8.91. The van der Waals surface area contributed by atoms with E-state index in [0.29, 0.717) is 4.88 Å². The van der Waals surface area contributed by atoms with Gasteiger partial charge < -0.3 is 5.11 Å². The number of hydrogen-bond donors (Lipinski definition) is 1. The molecule has 0 bridgehead atoms. The first kappa shape index (κ1) is 13.5. The summed E-state index contributed by atoms with van der Waals surface area (Å²) in [6.07, 6.45) is 0.457. The molecule has 0 spiro atoms. The van der Waals surface area contributed by atoms with Crippen molar-refractivity contribution in [3.05, 3.63) is 45.0 Å². The van der Waals surface area contributed by atoms with Crippen LogP contribution in [0.15, 0.2) is 18.3 Å². The fourth-order valence-corrected chi connectivity index (χ4v) is 2.37. The van der Waals surface area contributed by atoms with Gasteiger partial charge >= 0.3 is 5.69 Å². The van der Waals surface area contributed by atoms with Crippen molar-refractivity contribution < 1.29 is 18.8 Å². The topological polar surface area (TPSA) is 76.3 Å². The number of aromatic nitrogens is 1. The summed E-state index contributed by atoms with van der Waals surface area (Å²) in [5.74, 6) is -2.20. The van der Waals surface area contributed by atoms with Crippen LogP contribution in [0.5, 0.6) is 0 Å². The molecule has 1 aromatic carbocycles. The Hall–Kier alpha value is -1.93. The molecule has 0 saturated heterocycles. The zero-order valence-electron chi connectivity index (χ0n) is 9.63. The van der Waals surface area contributed by atoms with Gasteiger partial charge in [-0.15, -0.1) is 11.3 Å². The first-order valence-corrected chi connectivity index (χ1v) is 6.00. The van der Waals surface area contributed by atoms with Gasteiger partial charge in [-0.1, -0.05) is 0 Å². The molecule has 2 aromatic rings. The monoisotopic (exact) mass is 286 g/mol. The number of halogens is 2. The van der Waals surface area contributed by atoms with E-state index in [-0.39, 0.29) is 5.01 Å². The van der Waals surface area contributed by atoms with E-state index in [1.54, 1.807) is 0 Å². The standard InChI is InChI=1S/C11H8F2N2O3S/c1-5(16)8-4-14-11(19-8)9-6(12)2-3-7(10(9)13)15(17)18/h2-5,16H,1H3. The average molecular weight is 286 g/mol. The number of aliphatic hydroxyl groups excluding tert-OH is 1. The van der Waals surface area contributed by atoms with E-state index in [0.717, 1.165) is 23.5 Å². The molecule has 5 nitrogen and oxygen atoms in total. The molecule has 2 rings (SSSR count). The Labute approximate surface area is 110 Å². The summed E-state index contributed by atoms with van der Waals surface area (Å²) in [4.78, 5) is 13.9. The SMILES string of the molecule is CC(O)c1cnc(-c2c(F)ccc([N+](=O)[O-])c2F)s1. The van der Waals surface area contributed by atoms with Crippen LogP contribution in [-0.4, -0.2) is 15.0 Å². The molecule has 1 aromatic heterocycles. The highest BCUT2D eigenvalue weighted by molar-refractivity contribution is 7.15. The molecule has 1 heterocycles. The number of hydrogen-bond acceptors (Lipinski definition) is 5. The molecule has 1 N–H and O–H groups in total. The van der Waals surface area contributed by atoms with Crippen molar-refractivity contribution in [2.24, 2.45) is 0 Å². The fourth-order valence-electron chi connectivity index (χ4n) is 1.47. The van der Waals surface area contributed by atoms with Gasteiger partial charge in [-0.2, -0.15) is 4.39 Å². The van der Waals surface area contributed by atoms with Gasteiger partial charge in [-0.3, -0.25) is 10.1 Å². The molecule has 100 valence electrons. The van der Waals surface area contributed by atoms with E-state index in [2.05, 4.69) is 4.98 Å². The maximum atomic E-state index is 13.9. The lowest BCUT2D eigenvalue weighted by Gasteiger charge is -2.02. The van der Waals surface area contributed by atoms with Gasteiger partial charge in [0.2, 0.25) is 5.82 Å². The lowest BCUT2D eigenvalue weighted by Crippen LogP contribution is -1.97. The third-order valence-corrected chi connectivity index (χ3v) is 3.60. The smallest absolute Gasteiger partial charge is 0.305 e. The molecule has 0 aliphatic rings. The quantitative estimate of drug-likeness (QED) is 0.695. The minimum atomic E-state index is -1.27. The number of nitro benzene ring substituents is 1. The third kappa shape index (κ3) is 2.45. The normalized spacial score (nSPS) is 12.4. The Morgan fingerprint density at radius 1 is 1.47 bits per heavy atom. The summed E-state index contributed by atoms with van der Waals surface area (Å²) in [6, 6.07) is 1.58. The van der Waals surface area contributed by atoms with Crippen LogP contribution in [0.3, 0.4) is 0 Å². The van der Waals surface area contributed by atoms with Gasteiger partial charge in [0.05, 0.1) is 21.5 Å². The zero-order chi connectivity index (χ0) is 14.2. The second kappa shape index (κ2) is 4.98. The van der Waals surface area contributed by atoms with Crippen molar-refractivity contribution >= 4 is 17.0 Å². The molecule has 0 amide bonds. The molecule has 0 radical (unpaired) electrons. The number of benzene rings is 1. The van der Waals surface area contributed by atoms with Crippen molar-refractivity contribution in [3.63, 3.8) is 0 Å². The second-order valence-electron chi connectivity index (χ2n) is 3.76. The van der Waals surface area contributed by atoms with E-state index in [4.69, 9.17) is 0 Å². The summed E-state index contributed by atoms with van der Waals surface area (Å²) in [5.41, 5.74) is -1.36. The van der Waals surface area contributed by atoms with E-state index >= 15 is 0 Å². The van der Waals surface area contributed by atoms with Crippen molar-refractivity contribution in [1.82, 2.24) is 4.98 Å². The van der Waals surface area contributed by atoms with E-state index in [1.165, 1.54) is 13.1 Å². The van der Waals surface area contributed by atoms with E-state index < -0.39 is 33.9 Å². The summed E-state index contributed by atoms with van der Waals surface area (Å²) in [6.45, 7) is 1.48. The maximum absolute atomic E-state index is 13.9. The van der Waals surface area contributed by atoms with Crippen molar-refractivity contribution in [1.29, 1.82) is 0 Å². The summed E-state index contributed by atoms with van der Waals surface area (Å²) in [7, 11) is 0. The van der Waals surface area contributed by atoms with Crippen LogP contribution >= 0.6 is 11.3 Å². The van der Waals surface area contributed by atoms with Crippen molar-refractivity contribution in [2.75, 3.05) is 0 Å². The molecule has 1 unspecified atom stereocenters. The zero-order valence-corrected chi connectivity index (χ0v) is 10.4. The summed E-state index contributed by atoms with van der Waals surface area (Å²) >= 11 is 0.879. The highest BCUT2D eigenvalue weighted by Crippen LogP contribution is 2.35. The van der Waals surface area contributed by atoms with Crippen LogP contribution in [0.2, 0.25) is 0 Å². The van der Waals surface area contributed by atoms with Gasteiger partial charge in [0, 0.05) is 12.3 Å². The Morgan fingerprint density at radius 3 is 2.68 bits per heavy atom. The van der Waals surface area contributed by atoms with Gasteiger partial charge in [0.15, 0.2) is 0 Å². The summed E-state index contributed by atoms with van der Waals surface area (Å²) in [5, 5.41) is 19.9. The number of aliphatic hydroxyl groups is 1. The lowest BCUT2D eigenvalue weighted by atomic mass is 10.2. The molecule has 0 saturated carbocycles. The first-order valence-electron chi connectivity index (χ1n) is 5.18. The lowest BCUT2D eigenvalue weighted by molar-refractivity contribution is -0.387. The van der Waals surface area contributed by atoms with Crippen LogP contribution in [0.25, 0.3) is 10.6 Å².